The molecule has 2 atom stereocenters. The minimum atomic E-state index is -0.464. The topological polar surface area (TPSA) is 77.8 Å². The zero-order valence-corrected chi connectivity index (χ0v) is 15.0. The summed E-state index contributed by atoms with van der Waals surface area (Å²) in [5.74, 6) is 0. The second-order valence-corrected chi connectivity index (χ2v) is 7.77. The molecular formula is C16H18Cl2N4S. The molecule has 4 nitrogen and oxygen atoms in total. The maximum Gasteiger partial charge on any atom is 0.122 e. The van der Waals surface area contributed by atoms with Crippen molar-refractivity contribution in [3.63, 3.8) is 0 Å². The molecule has 3 rings (SSSR count). The average molecular weight is 369 g/mol. The Bertz CT molecular complexity index is 740. The summed E-state index contributed by atoms with van der Waals surface area (Å²) in [6.45, 7) is 1.93. The molecule has 0 saturated heterocycles. The molecule has 0 radical (unpaired) electrons. The molecule has 4 N–H and O–H groups in total. The van der Waals surface area contributed by atoms with Crippen LogP contribution in [0.15, 0.2) is 34.3 Å². The van der Waals surface area contributed by atoms with Crippen molar-refractivity contribution < 1.29 is 0 Å². The van der Waals surface area contributed by atoms with Crippen LogP contribution in [0.2, 0.25) is 10.0 Å². The van der Waals surface area contributed by atoms with E-state index in [-0.39, 0.29) is 6.04 Å². The molecular weight excluding hydrogens is 351 g/mol. The maximum absolute atomic E-state index is 6.46. The van der Waals surface area contributed by atoms with Crippen molar-refractivity contribution >= 4 is 35.0 Å². The van der Waals surface area contributed by atoms with Gasteiger partial charge < -0.3 is 11.5 Å². The normalized spacial score (nSPS) is 24.1. The maximum atomic E-state index is 6.46. The van der Waals surface area contributed by atoms with Gasteiger partial charge in [-0.15, -0.1) is 0 Å². The van der Waals surface area contributed by atoms with Crippen molar-refractivity contribution in [1.82, 2.24) is 9.97 Å². The number of rotatable bonds is 3. The molecule has 1 saturated carbocycles. The number of aryl methyl sites for hydroxylation is 1. The van der Waals surface area contributed by atoms with Gasteiger partial charge in [-0.2, -0.15) is 0 Å². The second kappa shape index (κ2) is 6.57. The van der Waals surface area contributed by atoms with Gasteiger partial charge in [0.2, 0.25) is 0 Å². The van der Waals surface area contributed by atoms with Crippen LogP contribution in [0.4, 0.5) is 0 Å². The second-order valence-electron chi connectivity index (χ2n) is 5.96. The Morgan fingerprint density at radius 2 is 2.13 bits per heavy atom. The van der Waals surface area contributed by atoms with Crippen LogP contribution in [-0.2, 0) is 5.54 Å². The summed E-state index contributed by atoms with van der Waals surface area (Å²) < 4.78 is 0. The van der Waals surface area contributed by atoms with E-state index in [1.54, 1.807) is 12.3 Å². The van der Waals surface area contributed by atoms with Crippen LogP contribution >= 0.6 is 35.0 Å². The number of halogens is 2. The Kier molecular flexibility index (Phi) is 4.85. The van der Waals surface area contributed by atoms with Crippen molar-refractivity contribution in [3.05, 3.63) is 45.8 Å². The highest BCUT2D eigenvalue weighted by molar-refractivity contribution is 7.99. The zero-order valence-electron chi connectivity index (χ0n) is 12.7. The van der Waals surface area contributed by atoms with Crippen LogP contribution in [0, 0.1) is 6.92 Å². The summed E-state index contributed by atoms with van der Waals surface area (Å²) >= 11 is 13.7. The van der Waals surface area contributed by atoms with E-state index in [2.05, 4.69) is 9.97 Å². The lowest BCUT2D eigenvalue weighted by molar-refractivity contribution is 0.435. The molecule has 23 heavy (non-hydrogen) atoms. The standard InChI is InChI=1S/C16H18Cl2N4S/c1-9-15(23-12-4-2-3-11(17)14(12)18)21-8-13(22-9)16(20)6-5-10(19)7-16/h2-4,8,10H,5-7,19-20H2,1H3. The lowest BCUT2D eigenvalue weighted by atomic mass is 9.95. The molecule has 1 aromatic heterocycles. The highest BCUT2D eigenvalue weighted by Crippen LogP contribution is 2.39. The Labute approximate surface area is 150 Å². The Balaban J connectivity index is 1.87. The first-order valence-electron chi connectivity index (χ1n) is 7.39. The molecule has 2 aromatic rings. The van der Waals surface area contributed by atoms with Gasteiger partial charge in [0, 0.05) is 10.9 Å². The van der Waals surface area contributed by atoms with E-state index in [1.165, 1.54) is 11.8 Å². The van der Waals surface area contributed by atoms with Gasteiger partial charge in [-0.3, -0.25) is 4.98 Å². The van der Waals surface area contributed by atoms with Crippen LogP contribution < -0.4 is 11.5 Å². The monoisotopic (exact) mass is 368 g/mol. The van der Waals surface area contributed by atoms with E-state index >= 15 is 0 Å². The third kappa shape index (κ3) is 3.49. The summed E-state index contributed by atoms with van der Waals surface area (Å²) in [6.07, 6.45) is 4.26. The van der Waals surface area contributed by atoms with Crippen LogP contribution in [0.25, 0.3) is 0 Å². The smallest absolute Gasteiger partial charge is 0.122 e. The Morgan fingerprint density at radius 3 is 2.78 bits per heavy atom. The largest absolute Gasteiger partial charge is 0.328 e. The summed E-state index contributed by atoms with van der Waals surface area (Å²) in [6, 6.07) is 5.68. The van der Waals surface area contributed by atoms with E-state index in [9.17, 15) is 0 Å². The van der Waals surface area contributed by atoms with Crippen molar-refractivity contribution in [2.45, 2.75) is 47.7 Å². The molecule has 1 aromatic carbocycles. The molecule has 7 heteroatoms. The van der Waals surface area contributed by atoms with Gasteiger partial charge in [0.05, 0.1) is 33.2 Å². The highest BCUT2D eigenvalue weighted by atomic mass is 35.5. The number of nitrogens with two attached hydrogens (primary N) is 2. The van der Waals surface area contributed by atoms with Gasteiger partial charge in [0.15, 0.2) is 0 Å². The molecule has 1 fully saturated rings. The molecule has 0 amide bonds. The minimum absolute atomic E-state index is 0.140. The lowest BCUT2D eigenvalue weighted by Crippen LogP contribution is -2.36. The van der Waals surface area contributed by atoms with Gasteiger partial charge >= 0.3 is 0 Å². The molecule has 1 aliphatic rings. The predicted molar refractivity (Wildman–Crippen MR) is 95.0 cm³/mol. The fourth-order valence-corrected chi connectivity index (χ4v) is 4.15. The SMILES string of the molecule is Cc1nc(C2(N)CCC(N)C2)cnc1Sc1cccc(Cl)c1Cl. The summed E-state index contributed by atoms with van der Waals surface area (Å²) in [5.41, 5.74) is 13.6. The van der Waals surface area contributed by atoms with E-state index in [4.69, 9.17) is 34.7 Å². The Morgan fingerprint density at radius 1 is 1.35 bits per heavy atom. The Hall–Kier alpha value is -0.850. The van der Waals surface area contributed by atoms with E-state index in [0.717, 1.165) is 40.6 Å². The fourth-order valence-electron chi connectivity index (χ4n) is 2.83. The minimum Gasteiger partial charge on any atom is -0.328 e. The third-order valence-electron chi connectivity index (χ3n) is 4.12. The first-order valence-corrected chi connectivity index (χ1v) is 8.97. The predicted octanol–water partition coefficient (Wildman–Crippen LogP) is 3.91. The van der Waals surface area contributed by atoms with E-state index in [0.29, 0.717) is 10.0 Å². The molecule has 1 aliphatic carbocycles. The summed E-state index contributed by atoms with van der Waals surface area (Å²) in [4.78, 5) is 10.1. The van der Waals surface area contributed by atoms with Crippen LogP contribution in [-0.4, -0.2) is 16.0 Å². The number of nitrogens with zero attached hydrogens (tertiary/aromatic N) is 2. The van der Waals surface area contributed by atoms with Crippen LogP contribution in [0.1, 0.15) is 30.7 Å². The lowest BCUT2D eigenvalue weighted by Gasteiger charge is -2.23. The zero-order chi connectivity index (χ0) is 16.6. The van der Waals surface area contributed by atoms with Gasteiger partial charge in [-0.05, 0) is 38.3 Å². The van der Waals surface area contributed by atoms with Gasteiger partial charge in [-0.1, -0.05) is 41.0 Å². The highest BCUT2D eigenvalue weighted by Gasteiger charge is 2.37. The number of aromatic nitrogens is 2. The van der Waals surface area contributed by atoms with Gasteiger partial charge in [0.1, 0.15) is 5.03 Å². The quantitative estimate of drug-likeness (QED) is 0.858. The van der Waals surface area contributed by atoms with Crippen LogP contribution in [0.5, 0.6) is 0 Å². The number of hydrogen-bond donors (Lipinski definition) is 2. The average Bonchev–Trinajstić information content (AvgIpc) is 2.86. The molecule has 122 valence electrons. The molecule has 0 aliphatic heterocycles. The summed E-state index contributed by atoms with van der Waals surface area (Å²) in [5, 5.41) is 1.85. The van der Waals surface area contributed by atoms with Crippen molar-refractivity contribution in [2.75, 3.05) is 0 Å². The summed E-state index contributed by atoms with van der Waals surface area (Å²) in [7, 11) is 0. The molecule has 0 spiro atoms. The van der Waals surface area contributed by atoms with E-state index < -0.39 is 5.54 Å². The molecule has 1 heterocycles. The van der Waals surface area contributed by atoms with Gasteiger partial charge in [0.25, 0.3) is 0 Å². The first kappa shape index (κ1) is 17.0. The van der Waals surface area contributed by atoms with Crippen molar-refractivity contribution in [2.24, 2.45) is 11.5 Å². The van der Waals surface area contributed by atoms with Crippen LogP contribution in [0.3, 0.4) is 0 Å². The molecule has 2 unspecified atom stereocenters. The molecule has 0 bridgehead atoms. The van der Waals surface area contributed by atoms with Gasteiger partial charge in [-0.25, -0.2) is 4.98 Å². The third-order valence-corrected chi connectivity index (χ3v) is 6.21. The number of benzene rings is 1. The van der Waals surface area contributed by atoms with E-state index in [1.807, 2.05) is 19.1 Å². The van der Waals surface area contributed by atoms with Crippen molar-refractivity contribution in [1.29, 1.82) is 0 Å². The number of hydrogen-bond acceptors (Lipinski definition) is 5. The first-order chi connectivity index (χ1) is 10.9. The van der Waals surface area contributed by atoms with Crippen molar-refractivity contribution in [3.8, 4) is 0 Å². The fraction of sp³-hybridized carbons (Fsp3) is 0.375.